The number of carbonyl (C=O) groups excluding carboxylic acids is 2. The van der Waals surface area contributed by atoms with E-state index >= 15 is 0 Å². The van der Waals surface area contributed by atoms with Gasteiger partial charge in [-0.2, -0.15) is 0 Å². The maximum absolute atomic E-state index is 12.6. The Labute approximate surface area is 177 Å². The van der Waals surface area contributed by atoms with Gasteiger partial charge >= 0.3 is 6.36 Å². The molecule has 2 rings (SSSR count). The normalized spacial score (nSPS) is 26.1. The molecule has 2 amide bonds. The van der Waals surface area contributed by atoms with Crippen LogP contribution in [0.4, 0.5) is 13.2 Å². The number of nitrogens with two attached hydrogens (primary N) is 2. The zero-order chi connectivity index (χ0) is 23.4. The van der Waals surface area contributed by atoms with Gasteiger partial charge in [0, 0.05) is 12.8 Å². The van der Waals surface area contributed by atoms with E-state index in [1.807, 2.05) is 0 Å². The molecule has 1 aromatic rings. The first-order valence-corrected chi connectivity index (χ1v) is 9.79. The molecule has 1 saturated heterocycles. The number of halogens is 3. The fraction of sp³-hybridized carbons (Fsp3) is 0.600. The lowest BCUT2D eigenvalue weighted by Crippen LogP contribution is -2.56. The number of carbonyl (C=O) groups is 2. The summed E-state index contributed by atoms with van der Waals surface area (Å²) in [5.41, 5.74) is 9.23. The van der Waals surface area contributed by atoms with Crippen LogP contribution < -0.4 is 16.2 Å². The van der Waals surface area contributed by atoms with E-state index in [9.17, 15) is 33.0 Å². The molecule has 0 bridgehead atoms. The smallest absolute Gasteiger partial charge is 0.406 e. The van der Waals surface area contributed by atoms with Crippen molar-refractivity contribution in [2.75, 3.05) is 0 Å². The van der Waals surface area contributed by atoms with E-state index in [1.54, 1.807) is 6.92 Å². The summed E-state index contributed by atoms with van der Waals surface area (Å²) in [5.74, 6) is -3.26. The van der Waals surface area contributed by atoms with Gasteiger partial charge in [0.2, 0.25) is 11.8 Å². The highest BCUT2D eigenvalue weighted by molar-refractivity contribution is 5.80. The van der Waals surface area contributed by atoms with Gasteiger partial charge in [-0.1, -0.05) is 18.2 Å². The highest BCUT2D eigenvalue weighted by Gasteiger charge is 2.48. The number of alkyl halides is 3. The Bertz CT molecular complexity index is 790. The van der Waals surface area contributed by atoms with Gasteiger partial charge in [-0.15, -0.1) is 13.2 Å². The average Bonchev–Trinajstić information content (AvgIpc) is 2.63. The Balaban J connectivity index is 2.08. The summed E-state index contributed by atoms with van der Waals surface area (Å²) in [6.07, 6.45) is -8.19. The number of aliphatic hydroxyl groups is 2. The third-order valence-electron chi connectivity index (χ3n) is 5.34. The number of aryl methyl sites for hydroxylation is 1. The van der Waals surface area contributed by atoms with Crippen LogP contribution in [0.2, 0.25) is 0 Å². The molecule has 174 valence electrons. The van der Waals surface area contributed by atoms with Gasteiger partial charge in [-0.05, 0) is 37.8 Å². The van der Waals surface area contributed by atoms with Crippen LogP contribution in [0.1, 0.15) is 38.2 Å². The molecule has 0 radical (unpaired) electrons. The molecule has 1 aromatic carbocycles. The van der Waals surface area contributed by atoms with Crippen molar-refractivity contribution >= 4 is 11.8 Å². The van der Waals surface area contributed by atoms with Crippen molar-refractivity contribution in [1.82, 2.24) is 0 Å². The van der Waals surface area contributed by atoms with Gasteiger partial charge in [0.05, 0.1) is 23.7 Å². The molecular weight excluding hydrogens is 421 g/mol. The van der Waals surface area contributed by atoms with E-state index in [2.05, 4.69) is 4.74 Å². The predicted octanol–water partition coefficient (Wildman–Crippen LogP) is 1.15. The number of amides is 2. The van der Waals surface area contributed by atoms with Gasteiger partial charge in [-0.3, -0.25) is 9.59 Å². The molecule has 0 aromatic heterocycles. The summed E-state index contributed by atoms with van der Waals surface area (Å²) in [6, 6.07) is 5.52. The Kier molecular flexibility index (Phi) is 7.90. The molecule has 1 aliphatic rings. The second-order valence-electron chi connectivity index (χ2n) is 7.89. The summed E-state index contributed by atoms with van der Waals surface area (Å²) in [7, 11) is 0. The zero-order valence-corrected chi connectivity index (χ0v) is 17.0. The van der Waals surface area contributed by atoms with Crippen molar-refractivity contribution in [3.05, 3.63) is 29.8 Å². The predicted molar refractivity (Wildman–Crippen MR) is 102 cm³/mol. The number of rotatable bonds is 9. The van der Waals surface area contributed by atoms with E-state index in [1.165, 1.54) is 18.2 Å². The molecule has 0 spiro atoms. The van der Waals surface area contributed by atoms with Crippen molar-refractivity contribution in [2.45, 2.75) is 69.3 Å². The molecule has 1 fully saturated rings. The van der Waals surface area contributed by atoms with Crippen LogP contribution in [0, 0.1) is 5.92 Å². The zero-order valence-electron chi connectivity index (χ0n) is 17.0. The minimum Gasteiger partial charge on any atom is -0.406 e. The highest BCUT2D eigenvalue weighted by Crippen LogP contribution is 2.37. The summed E-state index contributed by atoms with van der Waals surface area (Å²) >= 11 is 0. The van der Waals surface area contributed by atoms with Crippen molar-refractivity contribution in [3.63, 3.8) is 0 Å². The van der Waals surface area contributed by atoms with E-state index < -0.39 is 48.0 Å². The van der Waals surface area contributed by atoms with Crippen molar-refractivity contribution in [1.29, 1.82) is 0 Å². The second kappa shape index (κ2) is 9.84. The molecular formula is C20H27F3N2O6. The number of aliphatic hydroxyl groups excluding tert-OH is 1. The lowest BCUT2D eigenvalue weighted by Gasteiger charge is -2.43. The standard InChI is InChI=1S/C20H27F3N2O6/c1-11-9-19(29,10-16(30-11)18(25)28)14(17(24)27)8-13(26)7-6-12-4-2-3-5-15(12)31-20(21,22)23/h2-5,11,13-14,16,26,29H,6-10H2,1H3,(H2,24,27)(H2,25,28). The molecule has 5 atom stereocenters. The largest absolute Gasteiger partial charge is 0.573 e. The summed E-state index contributed by atoms with van der Waals surface area (Å²) < 4.78 is 47.0. The number of para-hydroxylation sites is 1. The van der Waals surface area contributed by atoms with E-state index in [4.69, 9.17) is 16.2 Å². The molecule has 11 heteroatoms. The Morgan fingerprint density at radius 2 is 1.94 bits per heavy atom. The third-order valence-corrected chi connectivity index (χ3v) is 5.34. The topological polar surface area (TPSA) is 145 Å². The molecule has 5 unspecified atom stereocenters. The number of primary amides is 2. The maximum atomic E-state index is 12.6. The number of hydrogen-bond donors (Lipinski definition) is 4. The monoisotopic (exact) mass is 448 g/mol. The summed E-state index contributed by atoms with van der Waals surface area (Å²) in [4.78, 5) is 23.6. The molecule has 6 N–H and O–H groups in total. The quantitative estimate of drug-likeness (QED) is 0.446. The minimum absolute atomic E-state index is 0.000632. The fourth-order valence-corrected chi connectivity index (χ4v) is 3.98. The second-order valence-corrected chi connectivity index (χ2v) is 7.89. The van der Waals surface area contributed by atoms with Crippen LogP contribution in [-0.2, 0) is 20.7 Å². The molecule has 0 saturated carbocycles. The average molecular weight is 448 g/mol. The van der Waals surface area contributed by atoms with Gasteiger partial charge in [-0.25, -0.2) is 0 Å². The van der Waals surface area contributed by atoms with E-state index in [-0.39, 0.29) is 43.4 Å². The van der Waals surface area contributed by atoms with Gasteiger partial charge in [0.1, 0.15) is 11.9 Å². The van der Waals surface area contributed by atoms with Gasteiger partial charge < -0.3 is 31.2 Å². The number of benzene rings is 1. The van der Waals surface area contributed by atoms with Crippen LogP contribution in [0.15, 0.2) is 24.3 Å². The lowest BCUT2D eigenvalue weighted by atomic mass is 9.74. The Morgan fingerprint density at radius 1 is 1.29 bits per heavy atom. The third kappa shape index (κ3) is 7.08. The molecule has 0 aliphatic carbocycles. The van der Waals surface area contributed by atoms with Crippen molar-refractivity contribution < 1.29 is 42.4 Å². The van der Waals surface area contributed by atoms with Gasteiger partial charge in [0.25, 0.3) is 0 Å². The van der Waals surface area contributed by atoms with Gasteiger partial charge in [0.15, 0.2) is 0 Å². The molecule has 31 heavy (non-hydrogen) atoms. The van der Waals surface area contributed by atoms with Crippen LogP contribution in [0.25, 0.3) is 0 Å². The van der Waals surface area contributed by atoms with Crippen LogP contribution in [0.3, 0.4) is 0 Å². The first-order chi connectivity index (χ1) is 14.3. The van der Waals surface area contributed by atoms with Crippen molar-refractivity contribution in [2.24, 2.45) is 17.4 Å². The van der Waals surface area contributed by atoms with E-state index in [0.29, 0.717) is 0 Å². The first kappa shape index (κ1) is 24.9. The Morgan fingerprint density at radius 3 is 2.52 bits per heavy atom. The fourth-order valence-electron chi connectivity index (χ4n) is 3.98. The summed E-state index contributed by atoms with van der Waals surface area (Å²) in [5, 5.41) is 21.5. The number of ether oxygens (including phenoxy) is 2. The van der Waals surface area contributed by atoms with Crippen LogP contribution >= 0.6 is 0 Å². The van der Waals surface area contributed by atoms with Crippen LogP contribution in [-0.4, -0.2) is 52.3 Å². The molecule has 1 heterocycles. The van der Waals surface area contributed by atoms with E-state index in [0.717, 1.165) is 6.07 Å². The highest BCUT2D eigenvalue weighted by atomic mass is 19.4. The van der Waals surface area contributed by atoms with Crippen molar-refractivity contribution in [3.8, 4) is 5.75 Å². The number of hydrogen-bond acceptors (Lipinski definition) is 6. The molecule has 1 aliphatic heterocycles. The lowest BCUT2D eigenvalue weighted by molar-refractivity contribution is -0.274. The first-order valence-electron chi connectivity index (χ1n) is 9.79. The van der Waals surface area contributed by atoms with Crippen LogP contribution in [0.5, 0.6) is 5.75 Å². The molecule has 8 nitrogen and oxygen atoms in total. The SMILES string of the molecule is CC1CC(O)(C(CC(O)CCc2ccccc2OC(F)(F)F)C(N)=O)CC(C(N)=O)O1. The Hall–Kier alpha value is -2.37. The maximum Gasteiger partial charge on any atom is 0.573 e. The minimum atomic E-state index is -4.86. The summed E-state index contributed by atoms with van der Waals surface area (Å²) in [6.45, 7) is 1.60.